The summed E-state index contributed by atoms with van der Waals surface area (Å²) in [4.78, 5) is 13.9. The number of nitrogens with zero attached hydrogens (tertiary/aromatic N) is 1. The molecule has 2 fully saturated rings. The maximum Gasteiger partial charge on any atom is 0.308 e. The summed E-state index contributed by atoms with van der Waals surface area (Å²) in [5.41, 5.74) is 0. The van der Waals surface area contributed by atoms with E-state index in [0.717, 1.165) is 31.7 Å². The van der Waals surface area contributed by atoms with Crippen LogP contribution >= 0.6 is 0 Å². The molecule has 98 valence electrons. The van der Waals surface area contributed by atoms with E-state index >= 15 is 0 Å². The zero-order valence-corrected chi connectivity index (χ0v) is 11.1. The molecular formula is C14H25NO2. The van der Waals surface area contributed by atoms with Gasteiger partial charge in [-0.1, -0.05) is 19.8 Å². The lowest BCUT2D eigenvalue weighted by Gasteiger charge is -2.45. The zero-order chi connectivity index (χ0) is 12.4. The number of rotatable bonds is 2. The Balaban J connectivity index is 2.09. The van der Waals surface area contributed by atoms with Gasteiger partial charge in [0, 0.05) is 18.6 Å². The highest BCUT2D eigenvalue weighted by atomic mass is 16.4. The average molecular weight is 239 g/mol. The fourth-order valence-electron chi connectivity index (χ4n) is 3.58. The Labute approximate surface area is 104 Å². The Kier molecular flexibility index (Phi) is 4.08. The molecular weight excluding hydrogens is 214 g/mol. The number of hydrogen-bond donors (Lipinski definition) is 1. The third-order valence-corrected chi connectivity index (χ3v) is 4.64. The van der Waals surface area contributed by atoms with Crippen LogP contribution in [0.25, 0.3) is 0 Å². The van der Waals surface area contributed by atoms with E-state index in [1.807, 2.05) is 0 Å². The highest BCUT2D eigenvalue weighted by Gasteiger charge is 2.38. The van der Waals surface area contributed by atoms with Gasteiger partial charge >= 0.3 is 5.97 Å². The van der Waals surface area contributed by atoms with Crippen LogP contribution in [0, 0.1) is 11.8 Å². The molecule has 1 heterocycles. The maximum atomic E-state index is 11.4. The molecule has 4 unspecified atom stereocenters. The number of piperidine rings is 1. The normalized spacial score (nSPS) is 40.1. The van der Waals surface area contributed by atoms with E-state index in [2.05, 4.69) is 18.7 Å². The number of aliphatic carboxylic acids is 1. The minimum Gasteiger partial charge on any atom is -0.481 e. The largest absolute Gasteiger partial charge is 0.481 e. The fourth-order valence-corrected chi connectivity index (χ4v) is 3.58. The number of hydrogen-bond acceptors (Lipinski definition) is 2. The van der Waals surface area contributed by atoms with Gasteiger partial charge in [0.15, 0.2) is 0 Å². The van der Waals surface area contributed by atoms with E-state index in [9.17, 15) is 9.90 Å². The summed E-state index contributed by atoms with van der Waals surface area (Å²) in [6, 6.07) is 0.857. The Bertz CT molecular complexity index is 279. The van der Waals surface area contributed by atoms with Crippen LogP contribution in [0.2, 0.25) is 0 Å². The van der Waals surface area contributed by atoms with Gasteiger partial charge in [-0.3, -0.25) is 9.69 Å². The van der Waals surface area contributed by atoms with Crippen molar-refractivity contribution in [2.24, 2.45) is 11.8 Å². The van der Waals surface area contributed by atoms with E-state index < -0.39 is 5.97 Å². The monoisotopic (exact) mass is 239 g/mol. The Morgan fingerprint density at radius 1 is 1.12 bits per heavy atom. The van der Waals surface area contributed by atoms with Crippen molar-refractivity contribution in [1.29, 1.82) is 0 Å². The van der Waals surface area contributed by atoms with E-state index in [1.54, 1.807) is 0 Å². The first-order valence-corrected chi connectivity index (χ1v) is 7.08. The quantitative estimate of drug-likeness (QED) is 0.805. The lowest BCUT2D eigenvalue weighted by molar-refractivity contribution is -0.146. The molecule has 1 saturated carbocycles. The molecule has 0 aromatic carbocycles. The molecule has 4 atom stereocenters. The molecule has 0 spiro atoms. The third-order valence-electron chi connectivity index (χ3n) is 4.64. The molecule has 0 aromatic heterocycles. The molecule has 0 bridgehead atoms. The van der Waals surface area contributed by atoms with Crippen molar-refractivity contribution < 1.29 is 9.90 Å². The highest BCUT2D eigenvalue weighted by molar-refractivity contribution is 5.71. The van der Waals surface area contributed by atoms with Crippen LogP contribution in [0.1, 0.15) is 52.4 Å². The Morgan fingerprint density at radius 2 is 1.82 bits per heavy atom. The molecule has 1 aliphatic carbocycles. The van der Waals surface area contributed by atoms with Crippen molar-refractivity contribution in [3.63, 3.8) is 0 Å². The molecule has 2 rings (SSSR count). The topological polar surface area (TPSA) is 40.5 Å². The molecule has 2 aliphatic rings. The molecule has 1 saturated heterocycles. The average Bonchev–Trinajstić information content (AvgIpc) is 2.32. The van der Waals surface area contributed by atoms with Crippen molar-refractivity contribution in [2.75, 3.05) is 6.54 Å². The molecule has 0 amide bonds. The lowest BCUT2D eigenvalue weighted by Crippen LogP contribution is -2.52. The number of carboxylic acid groups (broad SMARTS) is 1. The summed E-state index contributed by atoms with van der Waals surface area (Å²) < 4.78 is 0. The van der Waals surface area contributed by atoms with Crippen molar-refractivity contribution in [3.8, 4) is 0 Å². The second-order valence-electron chi connectivity index (χ2n) is 6.02. The predicted octanol–water partition coefficient (Wildman–Crippen LogP) is 2.75. The summed E-state index contributed by atoms with van der Waals surface area (Å²) in [6.45, 7) is 5.65. The standard InChI is InChI=1S/C14H25NO2/c1-10-7-8-11(2)15(9-10)13-6-4-3-5-12(13)14(16)17/h10-13H,3-9H2,1-2H3,(H,16,17). The van der Waals surface area contributed by atoms with Crippen LogP contribution in [-0.2, 0) is 4.79 Å². The second-order valence-corrected chi connectivity index (χ2v) is 6.02. The number of carboxylic acids is 1. The molecule has 1 aliphatic heterocycles. The first-order valence-electron chi connectivity index (χ1n) is 7.08. The molecule has 17 heavy (non-hydrogen) atoms. The van der Waals surface area contributed by atoms with Crippen molar-refractivity contribution >= 4 is 5.97 Å². The van der Waals surface area contributed by atoms with Crippen LogP contribution in [0.15, 0.2) is 0 Å². The number of carbonyl (C=O) groups is 1. The second kappa shape index (κ2) is 5.38. The summed E-state index contributed by atoms with van der Waals surface area (Å²) in [7, 11) is 0. The Morgan fingerprint density at radius 3 is 2.53 bits per heavy atom. The van der Waals surface area contributed by atoms with Gasteiger partial charge in [-0.25, -0.2) is 0 Å². The zero-order valence-electron chi connectivity index (χ0n) is 11.1. The minimum atomic E-state index is -0.583. The lowest BCUT2D eigenvalue weighted by atomic mass is 9.81. The van der Waals surface area contributed by atoms with Crippen LogP contribution < -0.4 is 0 Å². The third kappa shape index (κ3) is 2.82. The van der Waals surface area contributed by atoms with Gasteiger partial charge in [-0.2, -0.15) is 0 Å². The summed E-state index contributed by atoms with van der Waals surface area (Å²) >= 11 is 0. The van der Waals surface area contributed by atoms with Crippen LogP contribution in [-0.4, -0.2) is 34.6 Å². The van der Waals surface area contributed by atoms with Crippen molar-refractivity contribution in [2.45, 2.75) is 64.5 Å². The van der Waals surface area contributed by atoms with E-state index in [1.165, 1.54) is 19.3 Å². The van der Waals surface area contributed by atoms with Crippen LogP contribution in [0.3, 0.4) is 0 Å². The van der Waals surface area contributed by atoms with Crippen molar-refractivity contribution in [1.82, 2.24) is 4.90 Å². The van der Waals surface area contributed by atoms with E-state index in [0.29, 0.717) is 12.1 Å². The first kappa shape index (κ1) is 12.9. The predicted molar refractivity (Wildman–Crippen MR) is 67.9 cm³/mol. The Hall–Kier alpha value is -0.570. The van der Waals surface area contributed by atoms with Crippen molar-refractivity contribution in [3.05, 3.63) is 0 Å². The molecule has 3 nitrogen and oxygen atoms in total. The molecule has 0 radical (unpaired) electrons. The SMILES string of the molecule is CC1CCC(C)N(C2CCCCC2C(=O)O)C1. The smallest absolute Gasteiger partial charge is 0.308 e. The molecule has 1 N–H and O–H groups in total. The van der Waals surface area contributed by atoms with Gasteiger partial charge in [-0.15, -0.1) is 0 Å². The first-order chi connectivity index (χ1) is 8.09. The van der Waals surface area contributed by atoms with Gasteiger partial charge in [-0.05, 0) is 38.5 Å². The van der Waals surface area contributed by atoms with E-state index in [-0.39, 0.29) is 5.92 Å². The summed E-state index contributed by atoms with van der Waals surface area (Å²) in [6.07, 6.45) is 6.76. The maximum absolute atomic E-state index is 11.4. The number of likely N-dealkylation sites (tertiary alicyclic amines) is 1. The molecule has 3 heteroatoms. The molecule has 0 aromatic rings. The fraction of sp³-hybridized carbons (Fsp3) is 0.929. The van der Waals surface area contributed by atoms with Crippen LogP contribution in [0.5, 0.6) is 0 Å². The van der Waals surface area contributed by atoms with Gasteiger partial charge < -0.3 is 5.11 Å². The minimum absolute atomic E-state index is 0.128. The highest BCUT2D eigenvalue weighted by Crippen LogP contribution is 2.33. The van der Waals surface area contributed by atoms with Gasteiger partial charge in [0.05, 0.1) is 5.92 Å². The van der Waals surface area contributed by atoms with Gasteiger partial charge in [0.25, 0.3) is 0 Å². The van der Waals surface area contributed by atoms with Gasteiger partial charge in [0.1, 0.15) is 0 Å². The van der Waals surface area contributed by atoms with E-state index in [4.69, 9.17) is 0 Å². The summed E-state index contributed by atoms with van der Waals surface area (Å²) in [5.74, 6) is 0.0131. The summed E-state index contributed by atoms with van der Waals surface area (Å²) in [5, 5.41) is 9.36. The van der Waals surface area contributed by atoms with Crippen LogP contribution in [0.4, 0.5) is 0 Å². The van der Waals surface area contributed by atoms with Gasteiger partial charge in [0.2, 0.25) is 0 Å².